The summed E-state index contributed by atoms with van der Waals surface area (Å²) < 4.78 is 5.69. The fourth-order valence-electron chi connectivity index (χ4n) is 2.93. The summed E-state index contributed by atoms with van der Waals surface area (Å²) in [5.74, 6) is 0.170. The van der Waals surface area contributed by atoms with E-state index >= 15 is 0 Å². The fourth-order valence-corrected chi connectivity index (χ4v) is 2.93. The first-order valence-electron chi connectivity index (χ1n) is 7.21. The van der Waals surface area contributed by atoms with Crippen molar-refractivity contribution in [2.24, 2.45) is 0 Å². The zero-order valence-electron chi connectivity index (χ0n) is 11.9. The molecule has 1 amide bonds. The molecule has 0 aromatic rings. The molecule has 2 unspecified atom stereocenters. The van der Waals surface area contributed by atoms with E-state index in [2.05, 4.69) is 19.2 Å². The average Bonchev–Trinajstić information content (AvgIpc) is 2.96. The lowest BCUT2D eigenvalue weighted by Gasteiger charge is -2.35. The van der Waals surface area contributed by atoms with Crippen molar-refractivity contribution in [1.82, 2.24) is 10.2 Å². The summed E-state index contributed by atoms with van der Waals surface area (Å²) >= 11 is 0. The van der Waals surface area contributed by atoms with Crippen LogP contribution in [0.1, 0.15) is 46.5 Å². The first-order chi connectivity index (χ1) is 8.53. The zero-order valence-corrected chi connectivity index (χ0v) is 11.9. The van der Waals surface area contributed by atoms with Crippen LogP contribution in [0, 0.1) is 0 Å². The van der Waals surface area contributed by atoms with Crippen LogP contribution in [0.15, 0.2) is 0 Å². The van der Waals surface area contributed by atoms with Crippen LogP contribution in [-0.2, 0) is 9.53 Å². The maximum Gasteiger partial charge on any atom is 0.254 e. The maximum atomic E-state index is 12.7. The number of nitrogens with one attached hydrogen (secondary N) is 1. The quantitative estimate of drug-likeness (QED) is 0.827. The molecule has 2 rings (SSSR count). The van der Waals surface area contributed by atoms with Crippen molar-refractivity contribution in [3.05, 3.63) is 0 Å². The molecule has 4 nitrogen and oxygen atoms in total. The van der Waals surface area contributed by atoms with Crippen LogP contribution in [0.3, 0.4) is 0 Å². The lowest BCUT2D eigenvalue weighted by atomic mass is 9.99. The predicted octanol–water partition coefficient (Wildman–Crippen LogP) is 1.54. The molecule has 4 heteroatoms. The van der Waals surface area contributed by atoms with E-state index in [1.807, 2.05) is 11.8 Å². The lowest BCUT2D eigenvalue weighted by molar-refractivity contribution is -0.153. The van der Waals surface area contributed by atoms with Gasteiger partial charge in [0.2, 0.25) is 0 Å². The molecule has 2 aliphatic heterocycles. The van der Waals surface area contributed by atoms with Crippen LogP contribution >= 0.6 is 0 Å². The Morgan fingerprint density at radius 2 is 2.28 bits per heavy atom. The van der Waals surface area contributed by atoms with Crippen LogP contribution in [0.4, 0.5) is 0 Å². The molecule has 0 radical (unpaired) electrons. The molecule has 2 saturated heterocycles. The standard InChI is InChI=1S/C14H26N2O2/c1-11(2)16(10-12-6-4-8-15-12)13(17)14(3)7-5-9-18-14/h11-12,15H,4-10H2,1-3H3. The smallest absolute Gasteiger partial charge is 0.254 e. The highest BCUT2D eigenvalue weighted by atomic mass is 16.5. The molecule has 0 aliphatic carbocycles. The van der Waals surface area contributed by atoms with E-state index in [0.29, 0.717) is 6.04 Å². The minimum atomic E-state index is -0.580. The van der Waals surface area contributed by atoms with Gasteiger partial charge >= 0.3 is 0 Å². The van der Waals surface area contributed by atoms with Crippen LogP contribution in [0.5, 0.6) is 0 Å². The highest BCUT2D eigenvalue weighted by Gasteiger charge is 2.41. The number of carbonyl (C=O) groups excluding carboxylic acids is 1. The molecular weight excluding hydrogens is 228 g/mol. The molecule has 0 bridgehead atoms. The van der Waals surface area contributed by atoms with Gasteiger partial charge in [-0.2, -0.15) is 0 Å². The van der Waals surface area contributed by atoms with Crippen molar-refractivity contribution in [2.75, 3.05) is 19.7 Å². The van der Waals surface area contributed by atoms with Crippen LogP contribution < -0.4 is 5.32 Å². The Labute approximate surface area is 110 Å². The van der Waals surface area contributed by atoms with Gasteiger partial charge in [0.05, 0.1) is 0 Å². The van der Waals surface area contributed by atoms with Gasteiger partial charge in [-0.25, -0.2) is 0 Å². The van der Waals surface area contributed by atoms with Gasteiger partial charge in [-0.05, 0) is 53.0 Å². The van der Waals surface area contributed by atoms with Crippen LogP contribution in [0.2, 0.25) is 0 Å². The van der Waals surface area contributed by atoms with Gasteiger partial charge in [-0.15, -0.1) is 0 Å². The van der Waals surface area contributed by atoms with Crippen molar-refractivity contribution in [2.45, 2.75) is 64.1 Å². The predicted molar refractivity (Wildman–Crippen MR) is 71.5 cm³/mol. The summed E-state index contributed by atoms with van der Waals surface area (Å²) in [6.45, 7) is 8.74. The zero-order chi connectivity index (χ0) is 13.2. The Balaban J connectivity index is 2.01. The van der Waals surface area contributed by atoms with E-state index in [0.717, 1.165) is 32.5 Å². The second kappa shape index (κ2) is 5.57. The number of amides is 1. The minimum Gasteiger partial charge on any atom is -0.365 e. The first kappa shape index (κ1) is 13.8. The fraction of sp³-hybridized carbons (Fsp3) is 0.929. The topological polar surface area (TPSA) is 41.6 Å². The van der Waals surface area contributed by atoms with Crippen molar-refractivity contribution < 1.29 is 9.53 Å². The number of carbonyl (C=O) groups is 1. The molecule has 18 heavy (non-hydrogen) atoms. The lowest BCUT2D eigenvalue weighted by Crippen LogP contribution is -2.53. The van der Waals surface area contributed by atoms with E-state index in [9.17, 15) is 4.79 Å². The van der Waals surface area contributed by atoms with Gasteiger partial charge in [0, 0.05) is 25.2 Å². The van der Waals surface area contributed by atoms with E-state index in [1.165, 1.54) is 12.8 Å². The maximum absolute atomic E-state index is 12.7. The first-order valence-corrected chi connectivity index (χ1v) is 7.21. The number of hydrogen-bond acceptors (Lipinski definition) is 3. The molecule has 0 saturated carbocycles. The molecule has 2 fully saturated rings. The third-order valence-electron chi connectivity index (χ3n) is 4.13. The third kappa shape index (κ3) is 2.86. The van der Waals surface area contributed by atoms with Gasteiger partial charge in [0.15, 0.2) is 0 Å². The van der Waals surface area contributed by atoms with E-state index in [4.69, 9.17) is 4.74 Å². The Morgan fingerprint density at radius 3 is 2.78 bits per heavy atom. The number of hydrogen-bond donors (Lipinski definition) is 1. The highest BCUT2D eigenvalue weighted by Crippen LogP contribution is 2.28. The van der Waals surface area contributed by atoms with Crippen molar-refractivity contribution in [3.63, 3.8) is 0 Å². The molecule has 2 aliphatic rings. The molecule has 1 N–H and O–H groups in total. The van der Waals surface area contributed by atoms with Crippen LogP contribution in [0.25, 0.3) is 0 Å². The SMILES string of the molecule is CC(C)N(CC1CCCN1)C(=O)C1(C)CCCO1. The normalized spacial score (nSPS) is 32.1. The highest BCUT2D eigenvalue weighted by molar-refractivity contribution is 5.85. The molecule has 104 valence electrons. The van der Waals surface area contributed by atoms with Gasteiger partial charge in [0.1, 0.15) is 5.60 Å². The number of ether oxygens (including phenoxy) is 1. The number of rotatable bonds is 4. The van der Waals surface area contributed by atoms with Crippen LogP contribution in [-0.4, -0.2) is 48.2 Å². The summed E-state index contributed by atoms with van der Waals surface area (Å²) in [4.78, 5) is 14.7. The molecule has 0 spiro atoms. The molecule has 2 atom stereocenters. The summed E-state index contributed by atoms with van der Waals surface area (Å²) in [6, 6.07) is 0.697. The van der Waals surface area contributed by atoms with Gasteiger partial charge in [-0.3, -0.25) is 4.79 Å². The molecule has 0 aromatic heterocycles. The van der Waals surface area contributed by atoms with Crippen molar-refractivity contribution >= 4 is 5.91 Å². The van der Waals surface area contributed by atoms with Gasteiger partial charge < -0.3 is 15.0 Å². The third-order valence-corrected chi connectivity index (χ3v) is 4.13. The summed E-state index contributed by atoms with van der Waals surface area (Å²) in [5.41, 5.74) is -0.580. The summed E-state index contributed by atoms with van der Waals surface area (Å²) in [6.07, 6.45) is 4.25. The second-order valence-corrected chi connectivity index (χ2v) is 6.03. The summed E-state index contributed by atoms with van der Waals surface area (Å²) in [5, 5.41) is 3.47. The minimum absolute atomic E-state index is 0.170. The Bertz CT molecular complexity index is 292. The van der Waals surface area contributed by atoms with Gasteiger partial charge in [0.25, 0.3) is 5.91 Å². The largest absolute Gasteiger partial charge is 0.365 e. The Morgan fingerprint density at radius 1 is 1.50 bits per heavy atom. The van der Waals surface area contributed by atoms with E-state index in [1.54, 1.807) is 0 Å². The van der Waals surface area contributed by atoms with Crippen molar-refractivity contribution in [3.8, 4) is 0 Å². The average molecular weight is 254 g/mol. The van der Waals surface area contributed by atoms with E-state index in [-0.39, 0.29) is 11.9 Å². The molecule has 2 heterocycles. The molecular formula is C14H26N2O2. The monoisotopic (exact) mass is 254 g/mol. The second-order valence-electron chi connectivity index (χ2n) is 6.03. The summed E-state index contributed by atoms with van der Waals surface area (Å²) in [7, 11) is 0. The van der Waals surface area contributed by atoms with Gasteiger partial charge in [-0.1, -0.05) is 0 Å². The van der Waals surface area contributed by atoms with Crippen molar-refractivity contribution in [1.29, 1.82) is 0 Å². The van der Waals surface area contributed by atoms with E-state index < -0.39 is 5.60 Å². The Hall–Kier alpha value is -0.610. The number of nitrogens with zero attached hydrogens (tertiary/aromatic N) is 1. The molecule has 0 aromatic carbocycles. The Kier molecular flexibility index (Phi) is 4.28.